The average molecular weight is 695 g/mol. The van der Waals surface area contributed by atoms with Gasteiger partial charge < -0.3 is 19.7 Å². The van der Waals surface area contributed by atoms with Gasteiger partial charge in [0.05, 0.1) is 6.10 Å². The highest BCUT2D eigenvalue weighted by molar-refractivity contribution is 5.06. The van der Waals surface area contributed by atoms with Crippen molar-refractivity contribution in [3.63, 3.8) is 0 Å². The Morgan fingerprint density at radius 1 is 0.600 bits per heavy atom. The van der Waals surface area contributed by atoms with E-state index in [2.05, 4.69) is 4.74 Å². The molecule has 3 aliphatic carbocycles. The first-order chi connectivity index (χ1) is 19.9. The van der Waals surface area contributed by atoms with E-state index in [0.717, 1.165) is 0 Å². The van der Waals surface area contributed by atoms with Gasteiger partial charge in [-0.15, -0.1) is 0 Å². The molecule has 3 saturated carbocycles. The summed E-state index contributed by atoms with van der Waals surface area (Å²) in [6.45, 7) is 1.48. The number of hydrogen-bond acceptors (Lipinski definition) is 4. The summed E-state index contributed by atoms with van der Waals surface area (Å²) >= 11 is 0. The molecule has 0 aromatic rings. The van der Waals surface area contributed by atoms with Crippen LogP contribution < -0.4 is 0 Å². The first-order valence-electron chi connectivity index (χ1n) is 14.0. The molecule has 0 spiro atoms. The average Bonchev–Trinajstić information content (AvgIpc) is 3.37. The lowest BCUT2D eigenvalue weighted by atomic mass is 9.66. The number of fused-ring (bicyclic) bond motifs is 2. The minimum absolute atomic E-state index is 0.0142. The van der Waals surface area contributed by atoms with E-state index in [4.69, 9.17) is 4.74 Å². The highest BCUT2D eigenvalue weighted by atomic mass is 19.4. The third-order valence-electron chi connectivity index (χ3n) is 10.6. The molecule has 2 bridgehead atoms. The minimum atomic E-state index is -6.54. The van der Waals surface area contributed by atoms with Gasteiger partial charge in [-0.2, -0.15) is 65.9 Å². The summed E-state index contributed by atoms with van der Waals surface area (Å²) < 4.78 is 216. The van der Waals surface area contributed by atoms with Crippen LogP contribution in [-0.2, 0) is 9.47 Å². The summed E-state index contributed by atoms with van der Waals surface area (Å²) in [5.41, 5.74) is -14.6. The van der Waals surface area contributed by atoms with Gasteiger partial charge in [-0.25, -0.2) is 0 Å². The van der Waals surface area contributed by atoms with Crippen LogP contribution in [0.2, 0.25) is 0 Å². The van der Waals surface area contributed by atoms with Gasteiger partial charge in [0.25, 0.3) is 11.2 Å². The van der Waals surface area contributed by atoms with Crippen LogP contribution in [0.15, 0.2) is 0 Å². The summed E-state index contributed by atoms with van der Waals surface area (Å²) in [6, 6.07) is 0. The monoisotopic (exact) mass is 694 g/mol. The molecule has 0 radical (unpaired) electrons. The number of ether oxygens (including phenoxy) is 2. The number of halogens is 15. The van der Waals surface area contributed by atoms with Gasteiger partial charge in [0.1, 0.15) is 6.79 Å². The lowest BCUT2D eigenvalue weighted by molar-refractivity contribution is -0.404. The van der Waals surface area contributed by atoms with Crippen molar-refractivity contribution in [2.75, 3.05) is 6.79 Å². The van der Waals surface area contributed by atoms with E-state index in [0.29, 0.717) is 6.42 Å². The van der Waals surface area contributed by atoms with Crippen molar-refractivity contribution in [1.82, 2.24) is 0 Å². The van der Waals surface area contributed by atoms with Gasteiger partial charge >= 0.3 is 30.9 Å². The van der Waals surface area contributed by atoms with E-state index in [-0.39, 0.29) is 31.1 Å². The maximum Gasteiger partial charge on any atom is 0.426 e. The molecule has 19 heteroatoms. The van der Waals surface area contributed by atoms with Crippen molar-refractivity contribution in [2.24, 2.45) is 41.4 Å². The smallest absolute Gasteiger partial charge is 0.380 e. The van der Waals surface area contributed by atoms with Crippen LogP contribution in [0.4, 0.5) is 65.9 Å². The fraction of sp³-hybridized carbons (Fsp3) is 1.00. The molecule has 0 aliphatic heterocycles. The Labute approximate surface area is 247 Å². The first kappa shape index (κ1) is 38.2. The lowest BCUT2D eigenvalue weighted by Crippen LogP contribution is -2.64. The number of aliphatic hydroxyl groups is 2. The summed E-state index contributed by atoms with van der Waals surface area (Å²) in [7, 11) is 0. The second kappa shape index (κ2) is 11.7. The highest BCUT2D eigenvalue weighted by Crippen LogP contribution is 2.60. The molecule has 9 unspecified atom stereocenters. The number of alkyl halides is 15. The minimum Gasteiger partial charge on any atom is -0.380 e. The van der Waals surface area contributed by atoms with Crippen LogP contribution >= 0.6 is 0 Å². The van der Waals surface area contributed by atoms with Crippen LogP contribution in [0.5, 0.6) is 0 Å². The Hall–Kier alpha value is -1.21. The molecule has 266 valence electrons. The van der Waals surface area contributed by atoms with Gasteiger partial charge in [0, 0.05) is 5.92 Å². The summed E-state index contributed by atoms with van der Waals surface area (Å²) in [6.07, 6.45) is -39.2. The fourth-order valence-corrected chi connectivity index (χ4v) is 7.60. The van der Waals surface area contributed by atoms with E-state index < -0.39 is 110 Å². The Morgan fingerprint density at radius 3 is 1.49 bits per heavy atom. The van der Waals surface area contributed by atoms with E-state index in [9.17, 15) is 76.1 Å². The van der Waals surface area contributed by atoms with E-state index in [1.807, 2.05) is 6.92 Å². The van der Waals surface area contributed by atoms with Crippen LogP contribution in [0, 0.1) is 41.4 Å². The summed E-state index contributed by atoms with van der Waals surface area (Å²) in [5.74, 6) is -7.75. The third-order valence-corrected chi connectivity index (χ3v) is 10.6. The molecule has 0 aromatic carbocycles. The van der Waals surface area contributed by atoms with Gasteiger partial charge in [0.15, 0.2) is 5.60 Å². The molecule has 2 N–H and O–H groups in total. The largest absolute Gasteiger partial charge is 0.426 e. The zero-order chi connectivity index (χ0) is 35.0. The standard InChI is InChI=1S/C26H33F15O4/c1-11-12(2)18-5-13(11)4-14(18)9-20(23(30,31)32,24(33,34)35)45-10-44-17-7-15(19(3,42)22(27,28)29)6-16(8-17)21(43,25(36,37)38)26(39,40)41/h11-18,42-43H,4-10H2,1-3H3. The normalized spacial score (nSPS) is 33.9. The highest BCUT2D eigenvalue weighted by Gasteiger charge is 2.76. The Balaban J connectivity index is 1.93. The Morgan fingerprint density at radius 2 is 1.09 bits per heavy atom. The molecule has 3 rings (SSSR count). The molecule has 0 aromatic heterocycles. The molecule has 3 fully saturated rings. The van der Waals surface area contributed by atoms with Crippen molar-refractivity contribution in [3.8, 4) is 0 Å². The predicted octanol–water partition coefficient (Wildman–Crippen LogP) is 8.11. The van der Waals surface area contributed by atoms with E-state index in [1.165, 1.54) is 0 Å². The van der Waals surface area contributed by atoms with Crippen LogP contribution in [0.1, 0.15) is 59.3 Å². The summed E-state index contributed by atoms with van der Waals surface area (Å²) in [4.78, 5) is 0. The van der Waals surface area contributed by atoms with Crippen LogP contribution in [0.3, 0.4) is 0 Å². The molecular weight excluding hydrogens is 661 g/mol. The topological polar surface area (TPSA) is 58.9 Å². The van der Waals surface area contributed by atoms with Crippen molar-refractivity contribution in [2.45, 2.75) is 113 Å². The molecule has 9 atom stereocenters. The Bertz CT molecular complexity index is 1000. The van der Waals surface area contributed by atoms with Crippen molar-refractivity contribution < 1.29 is 85.5 Å². The van der Waals surface area contributed by atoms with Crippen molar-refractivity contribution in [1.29, 1.82) is 0 Å². The van der Waals surface area contributed by atoms with E-state index in [1.54, 1.807) is 6.92 Å². The maximum atomic E-state index is 14.2. The molecular formula is C26H33F15O4. The number of hydrogen-bond donors (Lipinski definition) is 2. The second-order valence-corrected chi connectivity index (χ2v) is 13.0. The summed E-state index contributed by atoms with van der Waals surface area (Å²) in [5, 5.41) is 19.9. The second-order valence-electron chi connectivity index (χ2n) is 13.0. The van der Waals surface area contributed by atoms with Crippen LogP contribution in [-0.4, -0.2) is 70.8 Å². The SMILES string of the molecule is CC1C2CC(CC(OCOC3CC(C(C)(O)C(F)(F)F)CC(C(O)(C(F)(F)F)C(F)(F)F)C3)(C(F)(F)F)C(F)(F)F)C(C2)C1C. The van der Waals surface area contributed by atoms with Gasteiger partial charge in [0.2, 0.25) is 0 Å². The molecule has 45 heavy (non-hydrogen) atoms. The van der Waals surface area contributed by atoms with Gasteiger partial charge in [-0.3, -0.25) is 0 Å². The van der Waals surface area contributed by atoms with E-state index >= 15 is 0 Å². The molecule has 4 nitrogen and oxygen atoms in total. The maximum absolute atomic E-state index is 14.2. The quantitative estimate of drug-likeness (QED) is 0.199. The zero-order valence-corrected chi connectivity index (χ0v) is 23.9. The lowest BCUT2D eigenvalue weighted by Gasteiger charge is -2.48. The van der Waals surface area contributed by atoms with Crippen molar-refractivity contribution in [3.05, 3.63) is 0 Å². The van der Waals surface area contributed by atoms with Gasteiger partial charge in [-0.05, 0) is 81.0 Å². The number of rotatable bonds is 8. The molecule has 0 amide bonds. The zero-order valence-electron chi connectivity index (χ0n) is 23.9. The third kappa shape index (κ3) is 6.61. The van der Waals surface area contributed by atoms with Gasteiger partial charge in [-0.1, -0.05) is 13.8 Å². The predicted molar refractivity (Wildman–Crippen MR) is 123 cm³/mol. The molecule has 0 saturated heterocycles. The fourth-order valence-electron chi connectivity index (χ4n) is 7.60. The Kier molecular flexibility index (Phi) is 9.97. The molecule has 3 aliphatic rings. The van der Waals surface area contributed by atoms with Crippen LogP contribution in [0.25, 0.3) is 0 Å². The van der Waals surface area contributed by atoms with Crippen molar-refractivity contribution >= 4 is 0 Å². The molecule has 0 heterocycles. The first-order valence-corrected chi connectivity index (χ1v) is 14.0.